The Bertz CT molecular complexity index is 622. The molecular formula is C16H23FN2O2. The molecule has 0 saturated heterocycles. The number of hydrogen-bond donors (Lipinski definition) is 2. The van der Waals surface area contributed by atoms with Crippen LogP contribution in [-0.2, 0) is 4.74 Å². The van der Waals surface area contributed by atoms with Gasteiger partial charge in [-0.05, 0) is 51.8 Å². The van der Waals surface area contributed by atoms with Crippen LogP contribution < -0.4 is 11.3 Å². The van der Waals surface area contributed by atoms with Gasteiger partial charge in [0.05, 0.1) is 11.6 Å². The predicted octanol–water partition coefficient (Wildman–Crippen LogP) is 3.59. The van der Waals surface area contributed by atoms with Crippen LogP contribution in [0.15, 0.2) is 22.6 Å². The van der Waals surface area contributed by atoms with E-state index in [-0.39, 0.29) is 17.5 Å². The number of aryl methyl sites for hydroxylation is 1. The summed E-state index contributed by atoms with van der Waals surface area (Å²) in [7, 11) is 1.69. The molecule has 2 aromatic rings. The van der Waals surface area contributed by atoms with Crippen LogP contribution in [0.25, 0.3) is 11.0 Å². The number of ether oxygens (including phenoxy) is 1. The molecular weight excluding hydrogens is 271 g/mol. The molecule has 0 aliphatic heterocycles. The Morgan fingerprint density at radius 3 is 2.76 bits per heavy atom. The van der Waals surface area contributed by atoms with E-state index in [0.717, 1.165) is 29.6 Å². The average molecular weight is 294 g/mol. The normalized spacial score (nSPS) is 13.8. The van der Waals surface area contributed by atoms with E-state index in [0.29, 0.717) is 5.58 Å². The zero-order valence-electron chi connectivity index (χ0n) is 13.0. The SMILES string of the molecule is COC(C)(C)CCC(NN)c1oc2ccc(F)cc2c1C. The molecule has 0 spiro atoms. The van der Waals surface area contributed by atoms with E-state index in [1.807, 2.05) is 20.8 Å². The fourth-order valence-electron chi connectivity index (χ4n) is 2.43. The largest absolute Gasteiger partial charge is 0.459 e. The summed E-state index contributed by atoms with van der Waals surface area (Å²) in [6.07, 6.45) is 1.59. The second-order valence-corrected chi connectivity index (χ2v) is 5.95. The molecule has 1 aromatic heterocycles. The van der Waals surface area contributed by atoms with Crippen molar-refractivity contribution in [2.45, 2.75) is 45.3 Å². The Hall–Kier alpha value is -1.43. The minimum atomic E-state index is -0.268. The number of furan rings is 1. The second-order valence-electron chi connectivity index (χ2n) is 5.95. The second kappa shape index (κ2) is 6.13. The summed E-state index contributed by atoms with van der Waals surface area (Å²) >= 11 is 0. The molecule has 1 aromatic carbocycles. The van der Waals surface area contributed by atoms with Crippen molar-refractivity contribution < 1.29 is 13.5 Å². The van der Waals surface area contributed by atoms with Crippen molar-refractivity contribution in [3.8, 4) is 0 Å². The maximum atomic E-state index is 13.4. The summed E-state index contributed by atoms with van der Waals surface area (Å²) in [5, 5.41) is 0.788. The van der Waals surface area contributed by atoms with Crippen molar-refractivity contribution >= 4 is 11.0 Å². The van der Waals surface area contributed by atoms with Gasteiger partial charge in [0, 0.05) is 18.1 Å². The van der Waals surface area contributed by atoms with Gasteiger partial charge < -0.3 is 9.15 Å². The lowest BCUT2D eigenvalue weighted by Gasteiger charge is -2.25. The van der Waals surface area contributed by atoms with Gasteiger partial charge in [0.15, 0.2) is 0 Å². The Labute approximate surface area is 124 Å². The van der Waals surface area contributed by atoms with Crippen LogP contribution in [-0.4, -0.2) is 12.7 Å². The summed E-state index contributed by atoms with van der Waals surface area (Å²) in [5.74, 6) is 6.16. The van der Waals surface area contributed by atoms with Gasteiger partial charge in [-0.2, -0.15) is 0 Å². The monoisotopic (exact) mass is 294 g/mol. The van der Waals surface area contributed by atoms with Crippen LogP contribution in [0.3, 0.4) is 0 Å². The molecule has 21 heavy (non-hydrogen) atoms. The number of fused-ring (bicyclic) bond motifs is 1. The van der Waals surface area contributed by atoms with Gasteiger partial charge in [-0.25, -0.2) is 9.82 Å². The molecule has 0 radical (unpaired) electrons. The highest BCUT2D eigenvalue weighted by Gasteiger charge is 2.24. The van der Waals surface area contributed by atoms with E-state index >= 15 is 0 Å². The molecule has 4 nitrogen and oxygen atoms in total. The number of nitrogens with two attached hydrogens (primary N) is 1. The van der Waals surface area contributed by atoms with E-state index in [1.165, 1.54) is 12.1 Å². The fourth-order valence-corrected chi connectivity index (χ4v) is 2.43. The highest BCUT2D eigenvalue weighted by Crippen LogP contribution is 2.33. The average Bonchev–Trinajstić information content (AvgIpc) is 2.77. The van der Waals surface area contributed by atoms with E-state index in [9.17, 15) is 4.39 Å². The third kappa shape index (κ3) is 3.43. The van der Waals surface area contributed by atoms with Gasteiger partial charge in [0.2, 0.25) is 0 Å². The lowest BCUT2D eigenvalue weighted by atomic mass is 9.96. The number of methoxy groups -OCH3 is 1. The number of benzene rings is 1. The third-order valence-electron chi connectivity index (χ3n) is 4.04. The Kier molecular flexibility index (Phi) is 4.66. The zero-order valence-corrected chi connectivity index (χ0v) is 13.0. The maximum Gasteiger partial charge on any atom is 0.134 e. The first kappa shape index (κ1) is 15.9. The Morgan fingerprint density at radius 2 is 2.14 bits per heavy atom. The van der Waals surface area contributed by atoms with Crippen LogP contribution in [0.4, 0.5) is 4.39 Å². The summed E-state index contributed by atoms with van der Waals surface area (Å²) in [6, 6.07) is 4.40. The van der Waals surface area contributed by atoms with Gasteiger partial charge in [-0.3, -0.25) is 5.84 Å². The summed E-state index contributed by atoms with van der Waals surface area (Å²) in [5.41, 5.74) is 4.16. The number of nitrogens with one attached hydrogen (secondary N) is 1. The summed E-state index contributed by atoms with van der Waals surface area (Å²) < 4.78 is 24.6. The zero-order chi connectivity index (χ0) is 15.6. The minimum absolute atomic E-state index is 0.130. The number of halogens is 1. The van der Waals surface area contributed by atoms with E-state index in [1.54, 1.807) is 13.2 Å². The van der Waals surface area contributed by atoms with E-state index in [2.05, 4.69) is 5.43 Å². The third-order valence-corrected chi connectivity index (χ3v) is 4.04. The van der Waals surface area contributed by atoms with Crippen LogP contribution in [0.1, 0.15) is 44.1 Å². The van der Waals surface area contributed by atoms with Crippen LogP contribution in [0.2, 0.25) is 0 Å². The summed E-state index contributed by atoms with van der Waals surface area (Å²) in [6.45, 7) is 5.98. The molecule has 0 bridgehead atoms. The molecule has 1 heterocycles. The van der Waals surface area contributed by atoms with Gasteiger partial charge in [-0.1, -0.05) is 0 Å². The van der Waals surface area contributed by atoms with Crippen LogP contribution in [0, 0.1) is 12.7 Å². The minimum Gasteiger partial charge on any atom is -0.459 e. The van der Waals surface area contributed by atoms with Crippen molar-refractivity contribution in [1.82, 2.24) is 5.43 Å². The van der Waals surface area contributed by atoms with Gasteiger partial charge in [0.1, 0.15) is 17.2 Å². The lowest BCUT2D eigenvalue weighted by Crippen LogP contribution is -2.31. The van der Waals surface area contributed by atoms with Crippen molar-refractivity contribution in [3.05, 3.63) is 35.3 Å². The molecule has 2 rings (SSSR count). The quantitative estimate of drug-likeness (QED) is 0.631. The molecule has 1 atom stereocenters. The molecule has 0 aliphatic carbocycles. The predicted molar refractivity (Wildman–Crippen MR) is 81.3 cm³/mol. The van der Waals surface area contributed by atoms with Crippen molar-refractivity contribution in [2.75, 3.05) is 7.11 Å². The highest BCUT2D eigenvalue weighted by atomic mass is 19.1. The number of hydrazine groups is 1. The van der Waals surface area contributed by atoms with Gasteiger partial charge >= 0.3 is 0 Å². The molecule has 3 N–H and O–H groups in total. The first-order valence-electron chi connectivity index (χ1n) is 7.08. The highest BCUT2D eigenvalue weighted by molar-refractivity contribution is 5.82. The van der Waals surface area contributed by atoms with Crippen LogP contribution >= 0.6 is 0 Å². The van der Waals surface area contributed by atoms with Crippen LogP contribution in [0.5, 0.6) is 0 Å². The van der Waals surface area contributed by atoms with Crippen molar-refractivity contribution in [1.29, 1.82) is 0 Å². The molecule has 0 aliphatic rings. The number of rotatable bonds is 6. The molecule has 116 valence electrons. The van der Waals surface area contributed by atoms with Crippen molar-refractivity contribution in [2.24, 2.45) is 5.84 Å². The molecule has 5 heteroatoms. The topological polar surface area (TPSA) is 60.4 Å². The first-order valence-corrected chi connectivity index (χ1v) is 7.08. The first-order chi connectivity index (χ1) is 9.88. The maximum absolute atomic E-state index is 13.4. The standard InChI is InChI=1S/C16H23FN2O2/c1-10-12-9-11(17)5-6-14(12)21-15(10)13(19-18)7-8-16(2,3)20-4/h5-6,9,13,19H,7-8,18H2,1-4H3. The Morgan fingerprint density at radius 1 is 1.43 bits per heavy atom. The van der Waals surface area contributed by atoms with E-state index in [4.69, 9.17) is 15.0 Å². The van der Waals surface area contributed by atoms with E-state index < -0.39 is 0 Å². The van der Waals surface area contributed by atoms with Gasteiger partial charge in [-0.15, -0.1) is 0 Å². The molecule has 0 amide bonds. The lowest BCUT2D eigenvalue weighted by molar-refractivity contribution is 0.0112. The molecule has 1 unspecified atom stereocenters. The van der Waals surface area contributed by atoms with Crippen molar-refractivity contribution in [3.63, 3.8) is 0 Å². The molecule has 0 fully saturated rings. The number of hydrogen-bond acceptors (Lipinski definition) is 4. The summed E-state index contributed by atoms with van der Waals surface area (Å²) in [4.78, 5) is 0. The molecule has 0 saturated carbocycles. The smallest absolute Gasteiger partial charge is 0.134 e. The fraction of sp³-hybridized carbons (Fsp3) is 0.500. The Balaban J connectivity index is 2.28. The van der Waals surface area contributed by atoms with Gasteiger partial charge in [0.25, 0.3) is 0 Å².